The van der Waals surface area contributed by atoms with Gasteiger partial charge in [0.05, 0.1) is 28.5 Å². The van der Waals surface area contributed by atoms with Crippen LogP contribution in [0.3, 0.4) is 0 Å². The van der Waals surface area contributed by atoms with Crippen molar-refractivity contribution >= 4 is 17.7 Å². The van der Waals surface area contributed by atoms with E-state index in [1.165, 1.54) is 18.9 Å². The van der Waals surface area contributed by atoms with Crippen LogP contribution in [0.4, 0.5) is 0 Å². The Hall–Kier alpha value is -2.08. The molecule has 0 aromatic heterocycles. The summed E-state index contributed by atoms with van der Waals surface area (Å²) in [6.07, 6.45) is 1.74. The predicted octanol–water partition coefficient (Wildman–Crippen LogP) is 4.21. The molecule has 0 bridgehead atoms. The van der Waals surface area contributed by atoms with E-state index in [-0.39, 0.29) is 0 Å². The molecule has 29 heavy (non-hydrogen) atoms. The topological polar surface area (TPSA) is 66.8 Å². The summed E-state index contributed by atoms with van der Waals surface area (Å²) in [4.78, 5) is 12.7. The first kappa shape index (κ1) is 21.6. The van der Waals surface area contributed by atoms with Gasteiger partial charge in [0, 0.05) is 5.92 Å². The van der Waals surface area contributed by atoms with Gasteiger partial charge >= 0.3 is 5.97 Å². The van der Waals surface area contributed by atoms with Crippen molar-refractivity contribution in [1.29, 1.82) is 0 Å². The van der Waals surface area contributed by atoms with Crippen LogP contribution in [0.2, 0.25) is 0 Å². The molecule has 5 heteroatoms. The van der Waals surface area contributed by atoms with E-state index in [9.17, 15) is 15.0 Å². The molecule has 1 aliphatic rings. The molecule has 4 nitrogen and oxygen atoms in total. The molecule has 0 saturated carbocycles. The predicted molar refractivity (Wildman–Crippen MR) is 116 cm³/mol. The fourth-order valence-electron chi connectivity index (χ4n) is 3.78. The molecule has 154 valence electrons. The second-order valence-electron chi connectivity index (χ2n) is 8.11. The number of aryl methyl sites for hydroxylation is 2. The van der Waals surface area contributed by atoms with Gasteiger partial charge in [-0.15, -0.1) is 11.8 Å². The molecule has 0 amide bonds. The van der Waals surface area contributed by atoms with Crippen LogP contribution in [0, 0.1) is 19.8 Å². The highest BCUT2D eigenvalue weighted by Gasteiger charge is 2.51. The van der Waals surface area contributed by atoms with Crippen molar-refractivity contribution in [3.63, 3.8) is 0 Å². The lowest BCUT2D eigenvalue weighted by Crippen LogP contribution is -2.45. The maximum Gasteiger partial charge on any atom is 0.344 e. The number of carbonyl (C=O) groups excluding carboxylic acids is 1. The van der Waals surface area contributed by atoms with Crippen molar-refractivity contribution < 1.29 is 19.7 Å². The van der Waals surface area contributed by atoms with Crippen molar-refractivity contribution in [3.05, 3.63) is 81.8 Å². The first-order chi connectivity index (χ1) is 13.6. The minimum absolute atomic E-state index is 0.405. The number of rotatable bonds is 5. The SMILES string of the molecule is COC(=O)C1=C[C@@H](C(C)(O)c2ccc(C)cc2)[C@@H](C(C)(O)c2ccc(C)cc2)S1. The van der Waals surface area contributed by atoms with Crippen LogP contribution in [0.25, 0.3) is 0 Å². The highest BCUT2D eigenvalue weighted by molar-refractivity contribution is 8.04. The molecule has 2 N–H and O–H groups in total. The molecule has 0 radical (unpaired) electrons. The van der Waals surface area contributed by atoms with Crippen LogP contribution in [0.1, 0.15) is 36.1 Å². The zero-order chi connectivity index (χ0) is 21.4. The summed E-state index contributed by atoms with van der Waals surface area (Å²) in [7, 11) is 1.34. The van der Waals surface area contributed by atoms with Gasteiger partial charge in [0.2, 0.25) is 0 Å². The van der Waals surface area contributed by atoms with E-state index in [1.54, 1.807) is 19.9 Å². The van der Waals surface area contributed by atoms with Crippen LogP contribution < -0.4 is 0 Å². The molecular weight excluding hydrogens is 384 g/mol. The number of benzene rings is 2. The van der Waals surface area contributed by atoms with E-state index in [4.69, 9.17) is 4.74 Å². The molecule has 0 saturated heterocycles. The van der Waals surface area contributed by atoms with Gasteiger partial charge in [0.1, 0.15) is 0 Å². The lowest BCUT2D eigenvalue weighted by molar-refractivity contribution is -0.135. The monoisotopic (exact) mass is 412 g/mol. The van der Waals surface area contributed by atoms with Crippen LogP contribution in [0.5, 0.6) is 0 Å². The van der Waals surface area contributed by atoms with Gasteiger partial charge in [-0.2, -0.15) is 0 Å². The highest BCUT2D eigenvalue weighted by atomic mass is 32.2. The third-order valence-electron chi connectivity index (χ3n) is 5.77. The number of carbonyl (C=O) groups is 1. The number of hydrogen-bond acceptors (Lipinski definition) is 5. The molecule has 3 rings (SSSR count). The van der Waals surface area contributed by atoms with Gasteiger partial charge in [0.15, 0.2) is 0 Å². The molecular formula is C24H28O4S. The molecule has 1 heterocycles. The van der Waals surface area contributed by atoms with E-state index in [0.29, 0.717) is 4.91 Å². The molecule has 4 atom stereocenters. The van der Waals surface area contributed by atoms with Gasteiger partial charge in [-0.1, -0.05) is 65.7 Å². The van der Waals surface area contributed by atoms with Gasteiger partial charge in [-0.05, 0) is 38.8 Å². The Balaban J connectivity index is 2.06. The summed E-state index contributed by atoms with van der Waals surface area (Å²) in [5.41, 5.74) is 1.12. The summed E-state index contributed by atoms with van der Waals surface area (Å²) >= 11 is 1.26. The number of ether oxygens (including phenoxy) is 1. The zero-order valence-corrected chi connectivity index (χ0v) is 18.3. The average Bonchev–Trinajstić information content (AvgIpc) is 3.15. The molecule has 0 spiro atoms. The van der Waals surface area contributed by atoms with Crippen molar-refractivity contribution in [2.24, 2.45) is 5.92 Å². The van der Waals surface area contributed by atoms with Gasteiger partial charge in [-0.3, -0.25) is 0 Å². The first-order valence-electron chi connectivity index (χ1n) is 9.63. The zero-order valence-electron chi connectivity index (χ0n) is 17.5. The second kappa shape index (κ2) is 7.98. The largest absolute Gasteiger partial charge is 0.465 e. The van der Waals surface area contributed by atoms with E-state index >= 15 is 0 Å². The van der Waals surface area contributed by atoms with Crippen LogP contribution in [-0.2, 0) is 20.7 Å². The third kappa shape index (κ3) is 4.13. The van der Waals surface area contributed by atoms with Gasteiger partial charge in [0.25, 0.3) is 0 Å². The lowest BCUT2D eigenvalue weighted by Gasteiger charge is -2.40. The van der Waals surface area contributed by atoms with E-state index in [0.717, 1.165) is 22.3 Å². The summed E-state index contributed by atoms with van der Waals surface area (Å²) in [6.45, 7) is 7.45. The molecule has 2 aromatic carbocycles. The van der Waals surface area contributed by atoms with Crippen molar-refractivity contribution in [3.8, 4) is 0 Å². The van der Waals surface area contributed by atoms with Crippen LogP contribution in [0.15, 0.2) is 59.5 Å². The Bertz CT molecular complexity index is 911. The minimum Gasteiger partial charge on any atom is -0.465 e. The summed E-state index contributed by atoms with van der Waals surface area (Å²) in [5.74, 6) is -0.956. The number of thioether (sulfide) groups is 1. The number of methoxy groups -OCH3 is 1. The minimum atomic E-state index is -1.28. The molecule has 2 unspecified atom stereocenters. The van der Waals surface area contributed by atoms with Crippen molar-refractivity contribution in [2.45, 2.75) is 44.1 Å². The standard InChI is InChI=1S/C24H28O4S/c1-15-6-10-17(11-7-15)23(3,26)19-14-20(22(25)28-5)29-21(19)24(4,27)18-12-8-16(2)9-13-18/h6-14,19,21,26-27H,1-5H3/t19-,21+,23?,24?/m1/s1. The normalized spacial score (nSPS) is 23.1. The Morgan fingerprint density at radius 1 is 0.897 bits per heavy atom. The smallest absolute Gasteiger partial charge is 0.344 e. The summed E-state index contributed by atoms with van der Waals surface area (Å²) < 4.78 is 4.91. The van der Waals surface area contributed by atoms with E-state index in [2.05, 4.69) is 0 Å². The van der Waals surface area contributed by atoms with Crippen LogP contribution >= 0.6 is 11.8 Å². The number of hydrogen-bond donors (Lipinski definition) is 2. The average molecular weight is 413 g/mol. The van der Waals surface area contributed by atoms with E-state index in [1.807, 2.05) is 62.4 Å². The van der Waals surface area contributed by atoms with E-state index < -0.39 is 28.3 Å². The lowest BCUT2D eigenvalue weighted by atomic mass is 9.74. The number of esters is 1. The Labute approximate surface area is 176 Å². The quantitative estimate of drug-likeness (QED) is 0.720. The Morgan fingerprint density at radius 3 is 1.79 bits per heavy atom. The Morgan fingerprint density at radius 2 is 1.34 bits per heavy atom. The maximum absolute atomic E-state index is 12.2. The highest BCUT2D eigenvalue weighted by Crippen LogP contribution is 2.52. The Kier molecular flexibility index (Phi) is 5.95. The molecule has 0 aliphatic carbocycles. The van der Waals surface area contributed by atoms with Gasteiger partial charge in [-0.25, -0.2) is 4.79 Å². The number of aliphatic hydroxyl groups is 2. The van der Waals surface area contributed by atoms with Crippen molar-refractivity contribution in [1.82, 2.24) is 0 Å². The maximum atomic E-state index is 12.2. The molecule has 0 fully saturated rings. The first-order valence-corrected chi connectivity index (χ1v) is 10.5. The molecule has 1 aliphatic heterocycles. The molecule has 2 aromatic rings. The van der Waals surface area contributed by atoms with Crippen LogP contribution in [-0.4, -0.2) is 28.5 Å². The summed E-state index contributed by atoms with van der Waals surface area (Å²) in [5, 5.41) is 22.6. The second-order valence-corrected chi connectivity index (χ2v) is 9.30. The van der Waals surface area contributed by atoms with Crippen molar-refractivity contribution in [2.75, 3.05) is 7.11 Å². The van der Waals surface area contributed by atoms with Gasteiger partial charge < -0.3 is 14.9 Å². The fraction of sp³-hybridized carbons (Fsp3) is 0.375. The third-order valence-corrected chi connectivity index (χ3v) is 7.34. The fourth-order valence-corrected chi connectivity index (χ4v) is 5.31. The summed E-state index contributed by atoms with van der Waals surface area (Å²) in [6, 6.07) is 15.4.